The van der Waals surface area contributed by atoms with Crippen LogP contribution in [0.3, 0.4) is 0 Å². The van der Waals surface area contributed by atoms with Crippen LogP contribution in [-0.2, 0) is 33.4 Å². The van der Waals surface area contributed by atoms with E-state index >= 15 is 0 Å². The summed E-state index contributed by atoms with van der Waals surface area (Å²) in [5.74, 6) is 0.0510. The Hall–Kier alpha value is -1.64. The molecule has 0 bridgehead atoms. The van der Waals surface area contributed by atoms with Crippen molar-refractivity contribution >= 4 is 5.91 Å². The zero-order chi connectivity index (χ0) is 24.9. The van der Waals surface area contributed by atoms with Crippen LogP contribution in [0.4, 0.5) is 13.2 Å². The zero-order valence-corrected chi connectivity index (χ0v) is 20.8. The molecule has 4 unspecified atom stereocenters. The molecule has 4 rings (SSSR count). The summed E-state index contributed by atoms with van der Waals surface area (Å²) >= 11 is 0. The van der Waals surface area contributed by atoms with Gasteiger partial charge in [0.2, 0.25) is 5.91 Å². The largest absolute Gasteiger partial charge is 0.416 e. The lowest BCUT2D eigenvalue weighted by Gasteiger charge is -2.36. The first-order valence-electron chi connectivity index (χ1n) is 12.5. The van der Waals surface area contributed by atoms with Crippen LogP contribution in [-0.4, -0.2) is 55.9 Å². The maximum absolute atomic E-state index is 13.4. The van der Waals surface area contributed by atoms with Crippen LogP contribution < -0.4 is 5.32 Å². The second-order valence-electron chi connectivity index (χ2n) is 10.1. The number of amides is 1. The summed E-state index contributed by atoms with van der Waals surface area (Å²) in [6, 6.07) is 4.32. The number of rotatable bonds is 4. The highest BCUT2D eigenvalue weighted by atomic mass is 19.4. The lowest BCUT2D eigenvalue weighted by molar-refractivity contribution is -0.142. The van der Waals surface area contributed by atoms with Crippen LogP contribution in [0.2, 0.25) is 0 Å². The molecule has 5 nitrogen and oxygen atoms in total. The molecule has 2 heterocycles. The van der Waals surface area contributed by atoms with Gasteiger partial charge in [0.25, 0.3) is 0 Å². The van der Waals surface area contributed by atoms with E-state index in [4.69, 9.17) is 9.47 Å². The monoisotopic (exact) mass is 484 g/mol. The van der Waals surface area contributed by atoms with Crippen molar-refractivity contribution in [2.45, 2.75) is 90.2 Å². The maximum atomic E-state index is 13.4. The molecule has 4 atom stereocenters. The molecule has 1 aromatic carbocycles. The molecule has 3 aliphatic rings. The van der Waals surface area contributed by atoms with Crippen LogP contribution in [0.25, 0.3) is 0 Å². The lowest BCUT2D eigenvalue weighted by atomic mass is 9.85. The number of carbonyl (C=O) groups excluding carboxylic acids is 1. The number of hydrogen-bond acceptors (Lipinski definition) is 4. The van der Waals surface area contributed by atoms with E-state index in [1.807, 2.05) is 6.92 Å². The van der Waals surface area contributed by atoms with Crippen molar-refractivity contribution in [3.8, 4) is 0 Å². The van der Waals surface area contributed by atoms with Crippen molar-refractivity contribution in [2.24, 2.45) is 5.41 Å². The summed E-state index contributed by atoms with van der Waals surface area (Å²) in [7, 11) is 1.69. The van der Waals surface area contributed by atoms with Crippen molar-refractivity contribution < 1.29 is 27.4 Å². The molecule has 1 aromatic rings. The fourth-order valence-corrected chi connectivity index (χ4v) is 5.30. The summed E-state index contributed by atoms with van der Waals surface area (Å²) in [4.78, 5) is 15.2. The van der Waals surface area contributed by atoms with Gasteiger partial charge in [-0.25, -0.2) is 0 Å². The van der Waals surface area contributed by atoms with Gasteiger partial charge in [0.1, 0.15) is 0 Å². The number of ether oxygens (including phenoxy) is 2. The second kappa shape index (κ2) is 11.4. The highest BCUT2D eigenvalue weighted by molar-refractivity contribution is 5.83. The lowest BCUT2D eigenvalue weighted by Crippen LogP contribution is -2.51. The normalized spacial score (nSPS) is 29.3. The quantitative estimate of drug-likeness (QED) is 0.657. The molecule has 2 fully saturated rings. The molecule has 0 aromatic heterocycles. The molecule has 2 aliphatic heterocycles. The van der Waals surface area contributed by atoms with Gasteiger partial charge >= 0.3 is 6.18 Å². The second-order valence-corrected chi connectivity index (χ2v) is 10.1. The van der Waals surface area contributed by atoms with Gasteiger partial charge in [0.15, 0.2) is 0 Å². The van der Waals surface area contributed by atoms with Crippen LogP contribution in [0.1, 0.15) is 69.6 Å². The van der Waals surface area contributed by atoms with E-state index in [9.17, 15) is 18.0 Å². The minimum Gasteiger partial charge on any atom is -0.379 e. The van der Waals surface area contributed by atoms with Crippen LogP contribution in [0, 0.1) is 5.41 Å². The van der Waals surface area contributed by atoms with Gasteiger partial charge in [0, 0.05) is 44.3 Å². The van der Waals surface area contributed by atoms with E-state index < -0.39 is 17.2 Å². The van der Waals surface area contributed by atoms with Crippen LogP contribution in [0.5, 0.6) is 0 Å². The zero-order valence-electron chi connectivity index (χ0n) is 20.8. The van der Waals surface area contributed by atoms with Gasteiger partial charge in [-0.3, -0.25) is 4.79 Å². The van der Waals surface area contributed by atoms with Crippen molar-refractivity contribution in [1.82, 2.24) is 10.2 Å². The molecular formula is C26H39F3N2O3. The van der Waals surface area contributed by atoms with Gasteiger partial charge in [0.05, 0.1) is 18.3 Å². The molecule has 8 heteroatoms. The predicted molar refractivity (Wildman–Crippen MR) is 125 cm³/mol. The number of alkyl halides is 3. The summed E-state index contributed by atoms with van der Waals surface area (Å²) < 4.78 is 50.3. The van der Waals surface area contributed by atoms with Gasteiger partial charge in [-0.1, -0.05) is 33.3 Å². The Morgan fingerprint density at radius 1 is 1.26 bits per heavy atom. The van der Waals surface area contributed by atoms with E-state index in [-0.39, 0.29) is 30.6 Å². The Bertz CT molecular complexity index is 832. The first kappa shape index (κ1) is 27.0. The topological polar surface area (TPSA) is 50.8 Å². The third-order valence-corrected chi connectivity index (χ3v) is 7.15. The number of benzene rings is 1. The molecule has 1 saturated carbocycles. The van der Waals surface area contributed by atoms with Gasteiger partial charge in [-0.05, 0) is 55.4 Å². The molecule has 0 spiro atoms. The summed E-state index contributed by atoms with van der Waals surface area (Å²) in [6.07, 6.45) is 0.763. The minimum atomic E-state index is -4.37. The number of methoxy groups -OCH3 is 1. The third kappa shape index (κ3) is 6.32. The number of fused-ring (bicyclic) bond motifs is 1. The molecule has 1 aliphatic carbocycles. The SMILES string of the molecule is CCC.COC1COCCC1NC1CCC(C)(C(=O)N2CCc3ccc(C(F)(F)F)cc3C2)C1. The number of carbonyl (C=O) groups is 1. The fraction of sp³-hybridized carbons (Fsp3) is 0.731. The Labute approximate surface area is 201 Å². The van der Waals surface area contributed by atoms with Crippen molar-refractivity contribution in [1.29, 1.82) is 0 Å². The van der Waals surface area contributed by atoms with Crippen LogP contribution in [0.15, 0.2) is 18.2 Å². The van der Waals surface area contributed by atoms with Gasteiger partial charge in [-0.15, -0.1) is 0 Å². The minimum absolute atomic E-state index is 0.0118. The Morgan fingerprint density at radius 3 is 2.68 bits per heavy atom. The molecule has 192 valence electrons. The summed E-state index contributed by atoms with van der Waals surface area (Å²) in [5.41, 5.74) is 0.361. The predicted octanol–water partition coefficient (Wildman–Crippen LogP) is 4.96. The number of nitrogens with one attached hydrogen (secondary N) is 1. The summed E-state index contributed by atoms with van der Waals surface area (Å²) in [6.45, 7) is 8.32. The average Bonchev–Trinajstić information content (AvgIpc) is 3.19. The molecule has 1 amide bonds. The van der Waals surface area contributed by atoms with Crippen molar-refractivity contribution in [3.63, 3.8) is 0 Å². The summed E-state index contributed by atoms with van der Waals surface area (Å²) in [5, 5.41) is 3.67. The Balaban J connectivity index is 0.00000103. The molecule has 0 radical (unpaired) electrons. The van der Waals surface area contributed by atoms with Gasteiger partial charge in [-0.2, -0.15) is 13.2 Å². The third-order valence-electron chi connectivity index (χ3n) is 7.15. The number of nitrogens with zero attached hydrogens (tertiary/aromatic N) is 1. The highest BCUT2D eigenvalue weighted by Crippen LogP contribution is 2.41. The molecular weight excluding hydrogens is 445 g/mol. The van der Waals surface area contributed by atoms with Crippen molar-refractivity contribution in [3.05, 3.63) is 34.9 Å². The van der Waals surface area contributed by atoms with E-state index in [0.29, 0.717) is 31.7 Å². The van der Waals surface area contributed by atoms with Gasteiger partial charge < -0.3 is 19.7 Å². The van der Waals surface area contributed by atoms with Crippen LogP contribution >= 0.6 is 0 Å². The van der Waals surface area contributed by atoms with E-state index in [2.05, 4.69) is 19.2 Å². The average molecular weight is 485 g/mol. The first-order chi connectivity index (χ1) is 16.1. The molecule has 34 heavy (non-hydrogen) atoms. The number of hydrogen-bond donors (Lipinski definition) is 1. The van der Waals surface area contributed by atoms with E-state index in [0.717, 1.165) is 37.3 Å². The van der Waals surface area contributed by atoms with Crippen molar-refractivity contribution in [2.75, 3.05) is 26.9 Å². The smallest absolute Gasteiger partial charge is 0.379 e. The Morgan fingerprint density at radius 2 is 2.00 bits per heavy atom. The molecule has 1 saturated heterocycles. The maximum Gasteiger partial charge on any atom is 0.416 e. The highest BCUT2D eigenvalue weighted by Gasteiger charge is 2.45. The number of halogens is 3. The Kier molecular flexibility index (Phi) is 9.04. The first-order valence-corrected chi connectivity index (χ1v) is 12.5. The standard InChI is InChI=1S/C23H31F3N2O3.C3H8/c1-22(8-5-18(12-22)27-19-7-10-31-14-20(19)30-2)21(29)28-9-6-15-3-4-17(23(24,25)26)11-16(15)13-28;1-3-2/h3-4,11,18-20,27H,5-10,12-14H2,1-2H3;3H2,1-2H3. The molecule has 1 N–H and O–H groups in total. The fourth-order valence-electron chi connectivity index (χ4n) is 5.30. The van der Waals surface area contributed by atoms with E-state index in [1.165, 1.54) is 12.5 Å². The van der Waals surface area contributed by atoms with E-state index in [1.54, 1.807) is 18.1 Å².